The largest absolute Gasteiger partial charge is 0.385 e. The first-order chi connectivity index (χ1) is 29.4. The molecule has 0 N–H and O–H groups in total. The van der Waals surface area contributed by atoms with Crippen molar-refractivity contribution in [1.82, 2.24) is 9.80 Å². The van der Waals surface area contributed by atoms with Crippen LogP contribution in [0.15, 0.2) is 0 Å². The minimum atomic E-state index is -2.50. The smallest absolute Gasteiger partial charge is 0.242 e. The van der Waals surface area contributed by atoms with Gasteiger partial charge in [-0.05, 0) is 113 Å². The number of nitriles is 1. The van der Waals surface area contributed by atoms with E-state index in [2.05, 4.69) is 181 Å². The fourth-order valence-electron chi connectivity index (χ4n) is 0.812. The van der Waals surface area contributed by atoms with Crippen LogP contribution < -0.4 is 0 Å². The molecule has 1 unspecified atom stereocenters. The Labute approximate surface area is 410 Å². The maximum Gasteiger partial charge on any atom is 0.242 e. The fraction of sp³-hybridized carbons (Fsp3) is 0.982. The standard InChI is InChI=1S/C6H15N.C5H13N.3C5H12.3C4H10.C3H6F2.2C3H7F.C3H5N.C3H8O.C3H8/c1-5-6(2)7(3)4;1-4-5-6(2)3;3*1-4-5(2)3;3*1-3-4-2;1-3(2,4)5;1-3(2)4;2*1-2-3-4;1-3-4-2;1-3-2/h6H,5H2,1-4H3;4-5H2,1-3H3;3*5H,4H2,1-3H3;3*3-4H2,1-2H3;1-2H3;3H,1-2H3;2-3H2,1H3;2H2,1H3;3H2,1-2H3;3H2,1-2H3. The minimum absolute atomic E-state index is 0.181. The van der Waals surface area contributed by atoms with Gasteiger partial charge in [0.2, 0.25) is 5.92 Å². The van der Waals surface area contributed by atoms with Crippen molar-refractivity contribution in [2.24, 2.45) is 17.8 Å². The number of unbranched alkanes of at least 4 members (excludes halogenated alkanes) is 3. The molecule has 0 saturated carbocycles. The molecule has 0 aliphatic rings. The molecule has 8 heteroatoms. The van der Waals surface area contributed by atoms with Crippen LogP contribution in [0.5, 0.6) is 0 Å². The van der Waals surface area contributed by atoms with Crippen molar-refractivity contribution >= 4 is 0 Å². The maximum atomic E-state index is 11.0. The number of alkyl halides is 4. The van der Waals surface area contributed by atoms with Crippen molar-refractivity contribution in [3.05, 3.63) is 0 Å². The molecule has 64 heavy (non-hydrogen) atoms. The lowest BCUT2D eigenvalue weighted by molar-refractivity contribution is 0.0437. The molecule has 4 nitrogen and oxygen atoms in total. The third-order valence-corrected chi connectivity index (χ3v) is 6.73. The summed E-state index contributed by atoms with van der Waals surface area (Å²) < 4.78 is 48.3. The van der Waals surface area contributed by atoms with Gasteiger partial charge in [-0.1, -0.05) is 210 Å². The third kappa shape index (κ3) is 547. The second-order valence-corrected chi connectivity index (χ2v) is 17.3. The number of hydrogen-bond donors (Lipinski definition) is 0. The molecule has 0 aromatic heterocycles. The molecule has 0 aliphatic heterocycles. The van der Waals surface area contributed by atoms with Crippen molar-refractivity contribution in [3.8, 4) is 6.07 Å². The van der Waals surface area contributed by atoms with E-state index in [4.69, 9.17) is 5.26 Å². The lowest BCUT2D eigenvalue weighted by Crippen LogP contribution is -2.23. The van der Waals surface area contributed by atoms with Crippen LogP contribution in [0.2, 0.25) is 0 Å². The van der Waals surface area contributed by atoms with Gasteiger partial charge < -0.3 is 14.5 Å². The Kier molecular flexibility index (Phi) is 180. The molecule has 0 fully saturated rings. The second kappa shape index (κ2) is 114. The highest BCUT2D eigenvalue weighted by atomic mass is 19.3. The molecule has 0 radical (unpaired) electrons. The molecule has 0 bridgehead atoms. The van der Waals surface area contributed by atoms with Crippen LogP contribution in [0.3, 0.4) is 0 Å². The molecule has 1 atom stereocenters. The van der Waals surface area contributed by atoms with E-state index in [-0.39, 0.29) is 6.67 Å². The third-order valence-electron chi connectivity index (χ3n) is 6.73. The number of hydrogen-bond acceptors (Lipinski definition) is 4. The molecular weight excluding hydrogens is 807 g/mol. The Bertz CT molecular complexity index is 533. The van der Waals surface area contributed by atoms with Crippen LogP contribution in [0.1, 0.15) is 277 Å². The summed E-state index contributed by atoms with van der Waals surface area (Å²) >= 11 is 0. The molecule has 0 aromatic rings. The van der Waals surface area contributed by atoms with Gasteiger partial charge in [0.25, 0.3) is 0 Å². The summed E-state index contributed by atoms with van der Waals surface area (Å²) in [4.78, 5) is 4.40. The first-order valence-corrected chi connectivity index (χ1v) is 26.1. The summed E-state index contributed by atoms with van der Waals surface area (Å²) in [6.07, 6.45) is 16.2. The van der Waals surface area contributed by atoms with Gasteiger partial charge in [-0.25, -0.2) is 13.2 Å². The zero-order chi connectivity index (χ0) is 55.0. The summed E-state index contributed by atoms with van der Waals surface area (Å²) in [5, 5.41) is 7.62. The Morgan fingerprint density at radius 1 is 0.516 bits per heavy atom. The molecule has 0 rings (SSSR count). The molecule has 0 spiro atoms. The Morgan fingerprint density at radius 2 is 0.688 bits per heavy atom. The van der Waals surface area contributed by atoms with Gasteiger partial charge in [0.1, 0.15) is 0 Å². The summed E-state index contributed by atoms with van der Waals surface area (Å²) in [7, 11) is 10.1. The van der Waals surface area contributed by atoms with Crippen LogP contribution in [0.4, 0.5) is 17.6 Å². The highest BCUT2D eigenvalue weighted by Gasteiger charge is 2.08. The summed E-state index contributed by atoms with van der Waals surface area (Å²) in [5.41, 5.74) is 0. The van der Waals surface area contributed by atoms with Crippen LogP contribution in [-0.4, -0.2) is 83.1 Å². The summed E-state index contributed by atoms with van der Waals surface area (Å²) in [6, 6.07) is 2.67. The Morgan fingerprint density at radius 3 is 0.688 bits per heavy atom. The normalized spacial score (nSPS) is 9.27. The SMILES string of the molecule is CC(C)(F)F.CC(C)F.CCC.CCC#N.CCC(C)C.CCC(C)C.CCC(C)C.CCC(C)N(C)C.CCCC.CCCC.CCCC.CCCF.CCCN(C)C.CCOC. The molecule has 0 saturated heterocycles. The van der Waals surface area contributed by atoms with Crippen molar-refractivity contribution in [2.75, 3.05) is 55.1 Å². The Balaban J connectivity index is -0.0000000352. The highest BCUT2D eigenvalue weighted by Crippen LogP contribution is 2.06. The van der Waals surface area contributed by atoms with Crippen molar-refractivity contribution in [3.63, 3.8) is 0 Å². The zero-order valence-corrected chi connectivity index (χ0v) is 51.2. The number of methoxy groups -OCH3 is 1. The molecule has 0 aliphatic carbocycles. The number of rotatable bonds is 12. The van der Waals surface area contributed by atoms with E-state index in [1.807, 2.05) is 19.9 Å². The first-order valence-electron chi connectivity index (χ1n) is 26.1. The monoisotopic (exact) mass is 942 g/mol. The van der Waals surface area contributed by atoms with E-state index in [9.17, 15) is 17.6 Å². The van der Waals surface area contributed by atoms with Gasteiger partial charge in [-0.2, -0.15) is 5.26 Å². The van der Waals surface area contributed by atoms with Gasteiger partial charge in [-0.15, -0.1) is 0 Å². The fourth-order valence-corrected chi connectivity index (χ4v) is 0.812. The molecule has 0 aromatic carbocycles. The minimum Gasteiger partial charge on any atom is -0.385 e. The van der Waals surface area contributed by atoms with Gasteiger partial charge in [0.15, 0.2) is 0 Å². The number of nitrogens with zero attached hydrogens (tertiary/aromatic N) is 3. The van der Waals surface area contributed by atoms with E-state index in [1.165, 1.54) is 97.4 Å². The Hall–Kier alpha value is -0.910. The van der Waals surface area contributed by atoms with E-state index < -0.39 is 12.1 Å². The van der Waals surface area contributed by atoms with Crippen LogP contribution >= 0.6 is 0 Å². The molecular formula is C56H135F4N3O. The number of ether oxygens (including phenoxy) is 1. The van der Waals surface area contributed by atoms with Crippen LogP contribution in [0.25, 0.3) is 0 Å². The lowest BCUT2D eigenvalue weighted by Gasteiger charge is -2.16. The average molecular weight is 943 g/mol. The van der Waals surface area contributed by atoms with E-state index in [1.54, 1.807) is 14.0 Å². The van der Waals surface area contributed by atoms with E-state index in [0.717, 1.165) is 44.2 Å². The predicted octanol–water partition coefficient (Wildman–Crippen LogP) is 21.3. The second-order valence-electron chi connectivity index (χ2n) is 17.3. The van der Waals surface area contributed by atoms with Gasteiger partial charge in [0.05, 0.1) is 18.9 Å². The molecule has 408 valence electrons. The summed E-state index contributed by atoms with van der Waals surface area (Å²) in [5.74, 6) is 0.153. The van der Waals surface area contributed by atoms with Crippen molar-refractivity contribution < 1.29 is 22.3 Å². The van der Waals surface area contributed by atoms with Crippen LogP contribution in [-0.2, 0) is 4.74 Å². The average Bonchev–Trinajstić information content (AvgIpc) is 3.23. The number of halogens is 4. The lowest BCUT2D eigenvalue weighted by atomic mass is 10.2. The first kappa shape index (κ1) is 101. The zero-order valence-electron chi connectivity index (χ0n) is 51.2. The van der Waals surface area contributed by atoms with Gasteiger partial charge in [-0.3, -0.25) is 4.39 Å². The molecule has 0 amide bonds. The van der Waals surface area contributed by atoms with Crippen LogP contribution in [0, 0.1) is 29.1 Å². The topological polar surface area (TPSA) is 39.5 Å². The van der Waals surface area contributed by atoms with E-state index >= 15 is 0 Å². The maximum absolute atomic E-state index is 11.0. The van der Waals surface area contributed by atoms with E-state index in [0.29, 0.717) is 12.8 Å². The van der Waals surface area contributed by atoms with Crippen molar-refractivity contribution in [1.29, 1.82) is 5.26 Å². The van der Waals surface area contributed by atoms with Gasteiger partial charge in [0, 0.05) is 26.2 Å². The van der Waals surface area contributed by atoms with Crippen molar-refractivity contribution in [2.45, 2.75) is 295 Å². The summed E-state index contributed by atoms with van der Waals surface area (Å²) in [6.45, 7) is 56.0. The predicted molar refractivity (Wildman–Crippen MR) is 298 cm³/mol. The molecule has 0 heterocycles. The van der Waals surface area contributed by atoms with Gasteiger partial charge >= 0.3 is 0 Å². The highest BCUT2D eigenvalue weighted by molar-refractivity contribution is 4.62. The quantitative estimate of drug-likeness (QED) is 0.183.